The Hall–Kier alpha value is -4.00. The lowest BCUT2D eigenvalue weighted by molar-refractivity contribution is -0.191. The number of aliphatic hydroxyl groups is 1. The van der Waals surface area contributed by atoms with Gasteiger partial charge in [-0.2, -0.15) is 13.2 Å². The number of aromatic nitrogens is 2. The Labute approximate surface area is 259 Å². The lowest BCUT2D eigenvalue weighted by atomic mass is 9.86. The van der Waals surface area contributed by atoms with Crippen LogP contribution in [0.1, 0.15) is 47.3 Å². The quantitative estimate of drug-likeness (QED) is 0.209. The summed E-state index contributed by atoms with van der Waals surface area (Å²) < 4.78 is 68.4. The van der Waals surface area contributed by atoms with Crippen LogP contribution in [0.5, 0.6) is 11.5 Å². The molecule has 45 heavy (non-hydrogen) atoms. The highest BCUT2D eigenvalue weighted by atomic mass is 35.5. The van der Waals surface area contributed by atoms with Gasteiger partial charge in [0.15, 0.2) is 11.3 Å². The van der Waals surface area contributed by atoms with E-state index in [1.54, 1.807) is 30.5 Å². The van der Waals surface area contributed by atoms with E-state index in [1.165, 1.54) is 12.1 Å². The topological polar surface area (TPSA) is 120 Å². The number of rotatable bonds is 8. The van der Waals surface area contributed by atoms with Crippen LogP contribution in [0.2, 0.25) is 5.02 Å². The van der Waals surface area contributed by atoms with Crippen molar-refractivity contribution in [3.8, 4) is 22.8 Å². The van der Waals surface area contributed by atoms with Gasteiger partial charge in [-0.25, -0.2) is 9.37 Å². The fraction of sp³-hybridized carbons (Fsp3) is 0.344. The minimum absolute atomic E-state index is 0.0554. The molecule has 234 valence electrons. The molecule has 4 aromatic rings. The number of carbonyl (C=O) groups is 1. The van der Waals surface area contributed by atoms with E-state index in [2.05, 4.69) is 15.3 Å². The van der Waals surface area contributed by atoms with Crippen molar-refractivity contribution in [1.29, 1.82) is 0 Å². The number of hydrogen-bond acceptors (Lipinski definition) is 7. The number of hydrogen-bond donors (Lipinski definition) is 3. The second-order valence-electron chi connectivity index (χ2n) is 11.9. The average Bonchev–Trinajstić information content (AvgIpc) is 3.95. The Kier molecular flexibility index (Phi) is 6.95. The molecule has 3 aliphatic rings. The van der Waals surface area contributed by atoms with Crippen molar-refractivity contribution in [3.05, 3.63) is 82.4 Å². The smallest absolute Gasteiger partial charge is 0.414 e. The van der Waals surface area contributed by atoms with E-state index in [1.807, 2.05) is 0 Å². The van der Waals surface area contributed by atoms with Gasteiger partial charge in [-0.05, 0) is 74.1 Å². The first-order valence-corrected chi connectivity index (χ1v) is 14.8. The molecule has 13 heteroatoms. The molecule has 4 N–H and O–H groups in total. The minimum Gasteiger partial charge on any atom is -0.488 e. The van der Waals surface area contributed by atoms with Crippen molar-refractivity contribution in [3.63, 3.8) is 0 Å². The van der Waals surface area contributed by atoms with E-state index >= 15 is 0 Å². The van der Waals surface area contributed by atoms with Gasteiger partial charge < -0.3 is 25.6 Å². The zero-order valence-corrected chi connectivity index (χ0v) is 24.4. The van der Waals surface area contributed by atoms with E-state index in [9.17, 15) is 27.5 Å². The third-order valence-corrected chi connectivity index (χ3v) is 8.85. The van der Waals surface area contributed by atoms with E-state index in [0.29, 0.717) is 29.5 Å². The number of benzene rings is 2. The van der Waals surface area contributed by atoms with E-state index in [0.717, 1.165) is 25.0 Å². The summed E-state index contributed by atoms with van der Waals surface area (Å²) in [6.07, 6.45) is -0.313. The number of nitrogens with zero attached hydrogens (tertiary/aromatic N) is 2. The molecule has 3 heterocycles. The Balaban J connectivity index is 1.27. The summed E-state index contributed by atoms with van der Waals surface area (Å²) in [7, 11) is 0. The molecule has 0 radical (unpaired) electrons. The molecule has 2 atom stereocenters. The molecule has 2 aliphatic carbocycles. The largest absolute Gasteiger partial charge is 0.488 e. The number of pyridine rings is 2. The fourth-order valence-electron chi connectivity index (χ4n) is 5.64. The molecule has 1 unspecified atom stereocenters. The highest BCUT2D eigenvalue weighted by Crippen LogP contribution is 2.52. The Morgan fingerprint density at radius 2 is 1.93 bits per heavy atom. The first kappa shape index (κ1) is 29.7. The Bertz CT molecular complexity index is 1850. The van der Waals surface area contributed by atoms with Crippen LogP contribution in [0.25, 0.3) is 22.2 Å². The third kappa shape index (κ3) is 5.24. The zero-order chi connectivity index (χ0) is 31.7. The highest BCUT2D eigenvalue weighted by molar-refractivity contribution is 6.31. The lowest BCUT2D eigenvalue weighted by Crippen LogP contribution is -2.52. The maximum atomic E-state index is 14.3. The summed E-state index contributed by atoms with van der Waals surface area (Å²) in [4.78, 5) is 22.4. The van der Waals surface area contributed by atoms with Gasteiger partial charge in [0.05, 0.1) is 23.4 Å². The number of halogens is 5. The number of ether oxygens (including phenoxy) is 2. The van der Waals surface area contributed by atoms with Gasteiger partial charge in [-0.3, -0.25) is 9.78 Å². The van der Waals surface area contributed by atoms with Crippen LogP contribution in [0.15, 0.2) is 54.7 Å². The summed E-state index contributed by atoms with van der Waals surface area (Å²) in [6.45, 7) is -1.28. The zero-order valence-electron chi connectivity index (χ0n) is 23.6. The Morgan fingerprint density at radius 1 is 1.16 bits per heavy atom. The van der Waals surface area contributed by atoms with Gasteiger partial charge in [0.2, 0.25) is 0 Å². The lowest BCUT2D eigenvalue weighted by Gasteiger charge is -2.31. The van der Waals surface area contributed by atoms with Crippen LogP contribution in [-0.2, 0) is 11.1 Å². The fourth-order valence-corrected chi connectivity index (χ4v) is 5.82. The molecule has 0 bridgehead atoms. The molecule has 1 aliphatic heterocycles. The van der Waals surface area contributed by atoms with Gasteiger partial charge in [0.25, 0.3) is 5.91 Å². The van der Waals surface area contributed by atoms with Gasteiger partial charge in [0, 0.05) is 28.3 Å². The van der Waals surface area contributed by atoms with Crippen LogP contribution >= 0.6 is 11.6 Å². The molecule has 0 saturated heterocycles. The second-order valence-corrected chi connectivity index (χ2v) is 12.3. The van der Waals surface area contributed by atoms with Gasteiger partial charge >= 0.3 is 6.18 Å². The van der Waals surface area contributed by atoms with Crippen LogP contribution in [-0.4, -0.2) is 46.4 Å². The van der Waals surface area contributed by atoms with Crippen molar-refractivity contribution in [2.24, 2.45) is 11.7 Å². The van der Waals surface area contributed by atoms with Gasteiger partial charge in [0.1, 0.15) is 35.0 Å². The van der Waals surface area contributed by atoms with E-state index in [-0.39, 0.29) is 45.9 Å². The summed E-state index contributed by atoms with van der Waals surface area (Å²) in [5, 5.41) is 15.3. The summed E-state index contributed by atoms with van der Waals surface area (Å²) >= 11 is 6.00. The van der Waals surface area contributed by atoms with Gasteiger partial charge in [-0.15, -0.1) is 0 Å². The number of fused-ring (bicyclic) bond motifs is 2. The molecule has 2 aromatic carbocycles. The molecule has 1 amide bonds. The third-order valence-electron chi connectivity index (χ3n) is 8.56. The summed E-state index contributed by atoms with van der Waals surface area (Å²) in [5.41, 5.74) is 1.54. The minimum atomic E-state index is -4.91. The highest BCUT2D eigenvalue weighted by Gasteiger charge is 2.59. The summed E-state index contributed by atoms with van der Waals surface area (Å²) in [6, 6.07) is 11.5. The van der Waals surface area contributed by atoms with Crippen molar-refractivity contribution in [1.82, 2.24) is 15.3 Å². The molecule has 7 rings (SSSR count). The number of nitrogens with two attached hydrogens (primary N) is 1. The standard InChI is InChI=1S/C32H27ClF4N4O4/c33-22-11-17(3-8-23(22)34)27-28-21(31(38,15-44-28)32(35,36)37)13-25(41-27)30(43,19-4-5-19)14-40-29(42)18-10-16-2-1-9-39-26(16)24(12-18)45-20-6-7-20/h1-3,8-13,19-20,43H,4-7,14-15,38H2,(H,40,42)/t30?,31-/m0/s1. The molecule has 2 fully saturated rings. The predicted octanol–water partition coefficient (Wildman–Crippen LogP) is 5.77. The monoisotopic (exact) mass is 642 g/mol. The normalized spacial score (nSPS) is 20.8. The number of carbonyl (C=O) groups excluding carboxylic acids is 1. The molecule has 8 nitrogen and oxygen atoms in total. The maximum Gasteiger partial charge on any atom is 0.414 e. The first-order chi connectivity index (χ1) is 21.4. The van der Waals surface area contributed by atoms with Gasteiger partial charge in [-0.1, -0.05) is 17.7 Å². The summed E-state index contributed by atoms with van der Waals surface area (Å²) in [5.74, 6) is -1.45. The van der Waals surface area contributed by atoms with Crippen molar-refractivity contribution < 1.29 is 36.9 Å². The van der Waals surface area contributed by atoms with E-state index in [4.69, 9.17) is 26.8 Å². The molecule has 2 saturated carbocycles. The number of alkyl halides is 3. The SMILES string of the molecule is N[C@@]1(C(F)(F)F)COc2c1cc(C(O)(CNC(=O)c1cc(OC3CC3)c3ncccc3c1)C1CC1)nc2-c1ccc(F)c(Cl)c1. The van der Waals surface area contributed by atoms with Crippen LogP contribution in [0.4, 0.5) is 17.6 Å². The van der Waals surface area contributed by atoms with Crippen molar-refractivity contribution >= 4 is 28.4 Å². The molecular formula is C32H27ClF4N4O4. The Morgan fingerprint density at radius 3 is 2.62 bits per heavy atom. The van der Waals surface area contributed by atoms with Crippen molar-refractivity contribution in [2.45, 2.75) is 49.1 Å². The van der Waals surface area contributed by atoms with E-state index < -0.39 is 47.1 Å². The predicted molar refractivity (Wildman–Crippen MR) is 156 cm³/mol. The van der Waals surface area contributed by atoms with Crippen LogP contribution in [0.3, 0.4) is 0 Å². The average molecular weight is 643 g/mol. The number of nitrogens with one attached hydrogen (secondary N) is 1. The van der Waals surface area contributed by atoms with Crippen molar-refractivity contribution in [2.75, 3.05) is 13.2 Å². The first-order valence-electron chi connectivity index (χ1n) is 14.4. The number of amides is 1. The van der Waals surface area contributed by atoms with Crippen LogP contribution in [0, 0.1) is 11.7 Å². The molecule has 0 spiro atoms. The van der Waals surface area contributed by atoms with Crippen LogP contribution < -0.4 is 20.5 Å². The molecule has 2 aromatic heterocycles. The maximum absolute atomic E-state index is 14.3. The second kappa shape index (κ2) is 10.5. The molecular weight excluding hydrogens is 616 g/mol.